The van der Waals surface area contributed by atoms with Crippen molar-refractivity contribution in [3.63, 3.8) is 0 Å². The quantitative estimate of drug-likeness (QED) is 0.0324. The van der Waals surface area contributed by atoms with Crippen LogP contribution >= 0.6 is 0 Å². The molecule has 2 atom stereocenters. The molecule has 242 valence electrons. The van der Waals surface area contributed by atoms with Gasteiger partial charge in [-0.2, -0.15) is 0 Å². The van der Waals surface area contributed by atoms with Gasteiger partial charge in [0.25, 0.3) is 0 Å². The first-order valence-electron chi connectivity index (χ1n) is 12.9. The first-order chi connectivity index (χ1) is 20.2. The molecule has 0 saturated heterocycles. The highest BCUT2D eigenvalue weighted by Crippen LogP contribution is 2.02. The minimum atomic E-state index is -1.26. The highest BCUT2D eigenvalue weighted by Gasteiger charge is 2.24. The Bertz CT molecular complexity index is 1040. The second kappa shape index (κ2) is 21.5. The summed E-state index contributed by atoms with van der Waals surface area (Å²) in [5, 5.41) is 22.0. The summed E-state index contributed by atoms with van der Waals surface area (Å²) in [6.45, 7) is -2.26. The van der Waals surface area contributed by atoms with E-state index in [2.05, 4.69) is 36.6 Å². The molecule has 0 aromatic heterocycles. The molecule has 0 unspecified atom stereocenters. The van der Waals surface area contributed by atoms with Crippen molar-refractivity contribution in [1.29, 1.82) is 0 Å². The third kappa shape index (κ3) is 21.2. The van der Waals surface area contributed by atoms with E-state index in [4.69, 9.17) is 33.8 Å². The van der Waals surface area contributed by atoms with Crippen LogP contribution in [0.3, 0.4) is 0 Å². The number of aliphatic imine (C=N–C) groups is 2. The van der Waals surface area contributed by atoms with E-state index in [1.165, 1.54) is 0 Å². The zero-order valence-corrected chi connectivity index (χ0v) is 23.5. The number of hydrogen-bond donors (Lipinski definition) is 12. The number of carboxylic acids is 1. The molecule has 0 bridgehead atoms. The molecule has 17 N–H and O–H groups in total. The van der Waals surface area contributed by atoms with Crippen LogP contribution in [-0.4, -0.2) is 116 Å². The standard InChI is InChI=1S/C22H41N13O8/c23-12(3-1-5-28-21(24)25)19(42)35-13(4-2-6-29-22(26)27)20(43)34-10-17(39)32-8-15(37)30-7-14(36)31-9-16(38)33-11-18(40)41/h12-13H,1-11,23H2,(H,30,37)(H,31,36)(H,32,39)(H,33,38)(H,34,43)(H,35,42)(H,40,41)(H4,24,25,28)(H4,26,27,29)/t12-,13-/m0/s1. The molecular formula is C22H41N13O8. The molecule has 21 nitrogen and oxygen atoms in total. The van der Waals surface area contributed by atoms with Gasteiger partial charge in [0.15, 0.2) is 11.9 Å². The Balaban J connectivity index is 4.65. The number of nitrogens with zero attached hydrogens (tertiary/aromatic N) is 2. The van der Waals surface area contributed by atoms with Gasteiger partial charge < -0.3 is 65.7 Å². The van der Waals surface area contributed by atoms with Gasteiger partial charge in [0, 0.05) is 13.1 Å². The molecule has 0 aliphatic rings. The lowest BCUT2D eigenvalue weighted by Gasteiger charge is -2.20. The topological polar surface area (TPSA) is 367 Å². The van der Waals surface area contributed by atoms with Crippen molar-refractivity contribution < 1.29 is 38.7 Å². The van der Waals surface area contributed by atoms with Crippen LogP contribution in [0.15, 0.2) is 9.98 Å². The van der Waals surface area contributed by atoms with Crippen LogP contribution in [-0.2, 0) is 33.6 Å². The van der Waals surface area contributed by atoms with Gasteiger partial charge in [0.05, 0.1) is 32.2 Å². The number of aliphatic carboxylic acids is 1. The molecule has 0 fully saturated rings. The number of carbonyl (C=O) groups is 7. The van der Waals surface area contributed by atoms with Crippen molar-refractivity contribution in [1.82, 2.24) is 31.9 Å². The molecule has 0 rings (SSSR count). The number of carboxylic acid groups (broad SMARTS) is 1. The lowest BCUT2D eigenvalue weighted by molar-refractivity contribution is -0.137. The predicted molar refractivity (Wildman–Crippen MR) is 152 cm³/mol. The van der Waals surface area contributed by atoms with Crippen molar-refractivity contribution in [2.24, 2.45) is 38.7 Å². The van der Waals surface area contributed by atoms with E-state index in [0.717, 1.165) is 0 Å². The smallest absolute Gasteiger partial charge is 0.322 e. The molecule has 21 heteroatoms. The Labute approximate surface area is 246 Å². The maximum absolute atomic E-state index is 12.7. The molecule has 0 spiro atoms. The molecule has 0 aliphatic heterocycles. The van der Waals surface area contributed by atoms with Gasteiger partial charge in [-0.3, -0.25) is 43.5 Å². The van der Waals surface area contributed by atoms with Crippen LogP contribution in [0.2, 0.25) is 0 Å². The van der Waals surface area contributed by atoms with Crippen LogP contribution in [0.1, 0.15) is 25.7 Å². The zero-order valence-electron chi connectivity index (χ0n) is 23.5. The number of nitrogens with two attached hydrogens (primary N) is 5. The van der Waals surface area contributed by atoms with E-state index >= 15 is 0 Å². The molecule has 0 heterocycles. The summed E-state index contributed by atoms with van der Waals surface area (Å²) >= 11 is 0. The van der Waals surface area contributed by atoms with Crippen LogP contribution in [0.25, 0.3) is 0 Å². The summed E-state index contributed by atoms with van der Waals surface area (Å²) in [5.41, 5.74) is 27.0. The normalized spacial score (nSPS) is 11.5. The fourth-order valence-corrected chi connectivity index (χ4v) is 2.95. The zero-order chi connectivity index (χ0) is 32.8. The summed E-state index contributed by atoms with van der Waals surface area (Å²) in [5.74, 6) is -5.78. The molecule has 6 amide bonds. The molecule has 0 aliphatic carbocycles. The Morgan fingerprint density at radius 1 is 0.581 bits per heavy atom. The third-order valence-corrected chi connectivity index (χ3v) is 5.08. The summed E-state index contributed by atoms with van der Waals surface area (Å²) < 4.78 is 0. The van der Waals surface area contributed by atoms with E-state index in [0.29, 0.717) is 12.8 Å². The number of rotatable bonds is 21. The minimum absolute atomic E-state index is 0.0948. The van der Waals surface area contributed by atoms with Gasteiger partial charge in [-0.1, -0.05) is 0 Å². The monoisotopic (exact) mass is 615 g/mol. The number of amides is 6. The molecule has 0 aromatic carbocycles. The van der Waals surface area contributed by atoms with Crippen LogP contribution in [0, 0.1) is 0 Å². The van der Waals surface area contributed by atoms with E-state index in [1.807, 2.05) is 5.32 Å². The number of hydrogen-bond acceptors (Lipinski definition) is 10. The lowest BCUT2D eigenvalue weighted by atomic mass is 10.1. The van der Waals surface area contributed by atoms with Gasteiger partial charge in [-0.15, -0.1) is 0 Å². The Hall–Kier alpha value is -5.21. The Kier molecular flexibility index (Phi) is 18.9. The maximum atomic E-state index is 12.7. The first-order valence-corrected chi connectivity index (χ1v) is 12.9. The fraction of sp³-hybridized carbons (Fsp3) is 0.591. The maximum Gasteiger partial charge on any atom is 0.322 e. The Morgan fingerprint density at radius 3 is 1.40 bits per heavy atom. The van der Waals surface area contributed by atoms with Crippen LogP contribution < -0.4 is 60.6 Å². The van der Waals surface area contributed by atoms with E-state index < -0.39 is 86.2 Å². The first kappa shape index (κ1) is 37.8. The minimum Gasteiger partial charge on any atom is -0.480 e. The number of guanidine groups is 2. The van der Waals surface area contributed by atoms with Crippen LogP contribution in [0.5, 0.6) is 0 Å². The SMILES string of the molecule is NC(N)=NCCC[C@H](NC(=O)[C@@H](N)CCCN=C(N)N)C(=O)NCC(=O)NCC(=O)NCC(=O)NCC(=O)NCC(=O)O. The second-order valence-electron chi connectivity index (χ2n) is 8.78. The van der Waals surface area contributed by atoms with Crippen molar-refractivity contribution in [3.05, 3.63) is 0 Å². The molecular weight excluding hydrogens is 574 g/mol. The van der Waals surface area contributed by atoms with Crippen molar-refractivity contribution >= 4 is 53.3 Å². The predicted octanol–water partition coefficient (Wildman–Crippen LogP) is -7.43. The average molecular weight is 616 g/mol. The molecule has 43 heavy (non-hydrogen) atoms. The number of nitrogens with one attached hydrogen (secondary N) is 6. The Morgan fingerprint density at radius 2 is 0.977 bits per heavy atom. The third-order valence-electron chi connectivity index (χ3n) is 5.08. The van der Waals surface area contributed by atoms with Crippen molar-refractivity contribution in [2.45, 2.75) is 37.8 Å². The second-order valence-corrected chi connectivity index (χ2v) is 8.78. The lowest BCUT2D eigenvalue weighted by Crippen LogP contribution is -2.53. The average Bonchev–Trinajstić information content (AvgIpc) is 2.94. The van der Waals surface area contributed by atoms with E-state index in [-0.39, 0.29) is 37.9 Å². The van der Waals surface area contributed by atoms with Gasteiger partial charge in [0.2, 0.25) is 35.4 Å². The van der Waals surface area contributed by atoms with Crippen molar-refractivity contribution in [3.8, 4) is 0 Å². The van der Waals surface area contributed by atoms with Crippen LogP contribution in [0.4, 0.5) is 0 Å². The summed E-state index contributed by atoms with van der Waals surface area (Å²) in [7, 11) is 0. The van der Waals surface area contributed by atoms with E-state index in [9.17, 15) is 33.6 Å². The van der Waals surface area contributed by atoms with Gasteiger partial charge in [-0.25, -0.2) is 0 Å². The molecule has 0 aromatic rings. The highest BCUT2D eigenvalue weighted by molar-refractivity contribution is 5.93. The van der Waals surface area contributed by atoms with E-state index in [1.54, 1.807) is 0 Å². The molecule has 0 radical (unpaired) electrons. The fourth-order valence-electron chi connectivity index (χ4n) is 2.95. The summed E-state index contributed by atoms with van der Waals surface area (Å²) in [6, 6.07) is -2.04. The van der Waals surface area contributed by atoms with Gasteiger partial charge in [-0.05, 0) is 25.7 Å². The van der Waals surface area contributed by atoms with Crippen molar-refractivity contribution in [2.75, 3.05) is 45.8 Å². The number of carbonyl (C=O) groups excluding carboxylic acids is 6. The largest absolute Gasteiger partial charge is 0.480 e. The molecule has 0 saturated carbocycles. The summed E-state index contributed by atoms with van der Waals surface area (Å²) in [6.07, 6.45) is 1.07. The van der Waals surface area contributed by atoms with Gasteiger partial charge >= 0.3 is 5.97 Å². The summed E-state index contributed by atoms with van der Waals surface area (Å²) in [4.78, 5) is 90.2. The van der Waals surface area contributed by atoms with Gasteiger partial charge in [0.1, 0.15) is 12.6 Å². The highest BCUT2D eigenvalue weighted by atomic mass is 16.4.